The number of rotatable bonds is 11. The highest BCUT2D eigenvalue weighted by atomic mass is 28.4. The van der Waals surface area contributed by atoms with Gasteiger partial charge in [0, 0.05) is 51.6 Å². The molecule has 0 aromatic heterocycles. The Morgan fingerprint density at radius 2 is 1.35 bits per heavy atom. The molecule has 0 aliphatic carbocycles. The van der Waals surface area contributed by atoms with Gasteiger partial charge in [-0.25, -0.2) is 9.18 Å². The number of alkyl halides is 3. The van der Waals surface area contributed by atoms with Crippen molar-refractivity contribution in [2.45, 2.75) is 77.4 Å². The van der Waals surface area contributed by atoms with E-state index in [0.29, 0.717) is 44.8 Å². The van der Waals surface area contributed by atoms with E-state index in [1.165, 1.54) is 34.6 Å². The quantitative estimate of drug-likeness (QED) is 0.121. The number of carbonyl (C=O) groups is 1. The fraction of sp³-hybridized carbons (Fsp3) is 0.419. The van der Waals surface area contributed by atoms with E-state index in [-0.39, 0.29) is 28.5 Å². The van der Waals surface area contributed by atoms with E-state index in [1.807, 2.05) is 44.7 Å². The van der Waals surface area contributed by atoms with Gasteiger partial charge in [0.25, 0.3) is 8.32 Å². The monoisotopic (exact) mass is 804 g/mol. The Kier molecular flexibility index (Phi) is 12.4. The van der Waals surface area contributed by atoms with Crippen LogP contribution in [-0.2, 0) is 26.5 Å². The first kappa shape index (κ1) is 42.6. The first-order valence-electron chi connectivity index (χ1n) is 19.4. The number of amides is 2. The van der Waals surface area contributed by atoms with E-state index in [9.17, 15) is 18.0 Å². The number of halogens is 4. The number of hydrogen-bond donors (Lipinski definition) is 2. The zero-order valence-corrected chi connectivity index (χ0v) is 34.8. The lowest BCUT2D eigenvalue weighted by molar-refractivity contribution is -0.138. The second-order valence-corrected chi connectivity index (χ2v) is 21.2. The van der Waals surface area contributed by atoms with Gasteiger partial charge in [0.2, 0.25) is 0 Å². The maximum absolute atomic E-state index is 15.1. The molecule has 57 heavy (non-hydrogen) atoms. The Balaban J connectivity index is 1.04. The van der Waals surface area contributed by atoms with Crippen LogP contribution in [0.25, 0.3) is 0 Å². The van der Waals surface area contributed by atoms with Gasteiger partial charge in [0.05, 0.1) is 22.5 Å². The molecule has 0 spiro atoms. The number of hydrogen-bond acceptors (Lipinski definition) is 6. The Morgan fingerprint density at radius 3 is 1.88 bits per heavy atom. The van der Waals surface area contributed by atoms with Gasteiger partial charge in [-0.15, -0.1) is 0 Å². The number of benzene rings is 4. The number of nitrogens with zero attached hydrogens (tertiary/aromatic N) is 2. The Bertz CT molecular complexity index is 1950. The molecule has 2 aliphatic heterocycles. The third kappa shape index (κ3) is 9.48. The number of urea groups is 1. The minimum absolute atomic E-state index is 0.0662. The summed E-state index contributed by atoms with van der Waals surface area (Å²) < 4.78 is 77.2. The zero-order valence-electron chi connectivity index (χ0n) is 33.8. The SMILES string of the molecule is CC1(C)OB(c2ccc(NC(=O)Nc3ccc(CN4CCN(CCO[Si](c5ccccc5)(c5ccccc5)C(C)(C)C)CC4)c(C(F)(F)F)c3)c(F)c2)OC1(C)C. The lowest BCUT2D eigenvalue weighted by Crippen LogP contribution is -2.67. The number of nitrogens with one attached hydrogen (secondary N) is 2. The molecule has 4 aromatic carbocycles. The minimum Gasteiger partial charge on any atom is -0.406 e. The summed E-state index contributed by atoms with van der Waals surface area (Å²) in [7, 11) is -3.47. The lowest BCUT2D eigenvalue weighted by atomic mass is 9.79. The van der Waals surface area contributed by atoms with Gasteiger partial charge in [-0.05, 0) is 78.4 Å². The van der Waals surface area contributed by atoms with E-state index < -0.39 is 50.2 Å². The Morgan fingerprint density at radius 1 is 0.789 bits per heavy atom. The van der Waals surface area contributed by atoms with Crippen molar-refractivity contribution in [3.8, 4) is 0 Å². The third-order valence-corrected chi connectivity index (χ3v) is 16.5. The molecule has 0 unspecified atom stereocenters. The summed E-state index contributed by atoms with van der Waals surface area (Å²) in [6.45, 7) is 18.2. The molecule has 304 valence electrons. The molecule has 0 atom stereocenters. The first-order valence-corrected chi connectivity index (χ1v) is 21.3. The standard InChI is InChI=1S/C43H53BF4N4O4Si/c1-40(2,3)57(34-14-10-8-11-15-34,35-16-12-9-13-17-35)54-27-26-51-22-24-52(25-23-51)30-31-18-20-33(29-36(31)43(46,47)48)49-39(53)50-38-21-19-32(28-37(38)45)44-55-41(4,5)42(6,7)56-44/h8-21,28-29H,22-27,30H2,1-7H3,(H2,49,50,53). The molecule has 0 saturated carbocycles. The highest BCUT2D eigenvalue weighted by Crippen LogP contribution is 2.38. The summed E-state index contributed by atoms with van der Waals surface area (Å²) in [4.78, 5) is 17.1. The van der Waals surface area contributed by atoms with Gasteiger partial charge < -0.3 is 24.4 Å². The summed E-state index contributed by atoms with van der Waals surface area (Å²) >= 11 is 0. The molecule has 2 heterocycles. The number of carbonyl (C=O) groups excluding carboxylic acids is 1. The maximum Gasteiger partial charge on any atom is 0.494 e. The molecular weight excluding hydrogens is 751 g/mol. The van der Waals surface area contributed by atoms with Gasteiger partial charge >= 0.3 is 19.3 Å². The van der Waals surface area contributed by atoms with Crippen molar-refractivity contribution in [1.29, 1.82) is 0 Å². The van der Waals surface area contributed by atoms with Gasteiger partial charge in [-0.3, -0.25) is 9.80 Å². The molecule has 2 saturated heterocycles. The molecule has 0 radical (unpaired) electrons. The lowest BCUT2D eigenvalue weighted by Gasteiger charge is -2.43. The van der Waals surface area contributed by atoms with Crippen LogP contribution < -0.4 is 26.5 Å². The number of piperazine rings is 1. The summed E-state index contributed by atoms with van der Waals surface area (Å²) in [6, 6.07) is 28.0. The minimum atomic E-state index is -4.65. The van der Waals surface area contributed by atoms with E-state index in [1.54, 1.807) is 6.07 Å². The second kappa shape index (κ2) is 16.7. The molecular formula is C43H53BF4N4O4Si. The second-order valence-electron chi connectivity index (χ2n) is 16.9. The van der Waals surface area contributed by atoms with Crippen LogP contribution in [0.4, 0.5) is 33.7 Å². The van der Waals surface area contributed by atoms with Crippen LogP contribution in [0.15, 0.2) is 97.1 Å². The summed E-state index contributed by atoms with van der Waals surface area (Å²) in [5, 5.41) is 7.11. The molecule has 2 N–H and O–H groups in total. The van der Waals surface area contributed by atoms with Crippen molar-refractivity contribution in [1.82, 2.24) is 9.80 Å². The predicted octanol–water partition coefficient (Wildman–Crippen LogP) is 7.48. The molecule has 4 aromatic rings. The summed E-state index contributed by atoms with van der Waals surface area (Å²) in [6.07, 6.45) is -4.65. The van der Waals surface area contributed by atoms with E-state index >= 15 is 4.39 Å². The summed E-state index contributed by atoms with van der Waals surface area (Å²) in [5.74, 6) is -0.740. The molecule has 14 heteroatoms. The van der Waals surface area contributed by atoms with Crippen LogP contribution >= 0.6 is 0 Å². The van der Waals surface area contributed by atoms with Crippen LogP contribution in [-0.4, -0.2) is 81.8 Å². The van der Waals surface area contributed by atoms with Crippen molar-refractivity contribution < 1.29 is 36.1 Å². The van der Waals surface area contributed by atoms with Crippen LogP contribution in [0.5, 0.6) is 0 Å². The number of anilines is 2. The Hall–Kier alpha value is -4.05. The van der Waals surface area contributed by atoms with Crippen molar-refractivity contribution in [2.24, 2.45) is 0 Å². The topological polar surface area (TPSA) is 75.3 Å². The average molecular weight is 805 g/mol. The molecule has 8 nitrogen and oxygen atoms in total. The zero-order chi connectivity index (χ0) is 41.2. The molecule has 2 amide bonds. The van der Waals surface area contributed by atoms with E-state index in [0.717, 1.165) is 6.07 Å². The van der Waals surface area contributed by atoms with Crippen LogP contribution in [0.3, 0.4) is 0 Å². The molecule has 6 rings (SSSR count). The van der Waals surface area contributed by atoms with E-state index in [2.05, 4.69) is 84.8 Å². The maximum atomic E-state index is 15.1. The third-order valence-electron chi connectivity index (χ3n) is 11.4. The highest BCUT2D eigenvalue weighted by Gasteiger charge is 2.52. The van der Waals surface area contributed by atoms with Crippen molar-refractivity contribution in [3.05, 3.63) is 114 Å². The van der Waals surface area contributed by atoms with Gasteiger partial charge in [0.15, 0.2) is 0 Å². The van der Waals surface area contributed by atoms with E-state index in [4.69, 9.17) is 13.7 Å². The molecule has 0 bridgehead atoms. The van der Waals surface area contributed by atoms with Crippen LogP contribution in [0, 0.1) is 5.82 Å². The smallest absolute Gasteiger partial charge is 0.406 e. The van der Waals surface area contributed by atoms with Crippen molar-refractivity contribution in [2.75, 3.05) is 50.0 Å². The fourth-order valence-corrected chi connectivity index (χ4v) is 12.2. The molecule has 2 aliphatic rings. The summed E-state index contributed by atoms with van der Waals surface area (Å²) in [5.41, 5.74) is -1.73. The van der Waals surface area contributed by atoms with Crippen LogP contribution in [0.1, 0.15) is 59.6 Å². The normalized spacial score (nSPS) is 17.8. The Labute approximate surface area is 335 Å². The van der Waals surface area contributed by atoms with Crippen molar-refractivity contribution in [3.63, 3.8) is 0 Å². The fourth-order valence-electron chi connectivity index (χ4n) is 7.60. The first-order chi connectivity index (χ1) is 26.8. The van der Waals surface area contributed by atoms with Gasteiger partial charge in [-0.1, -0.05) is 93.6 Å². The van der Waals surface area contributed by atoms with Gasteiger partial charge in [-0.2, -0.15) is 13.2 Å². The highest BCUT2D eigenvalue weighted by molar-refractivity contribution is 6.99. The average Bonchev–Trinajstić information content (AvgIpc) is 3.37. The predicted molar refractivity (Wildman–Crippen MR) is 221 cm³/mol. The van der Waals surface area contributed by atoms with Crippen molar-refractivity contribution >= 4 is 48.7 Å². The molecule has 2 fully saturated rings. The van der Waals surface area contributed by atoms with Crippen LogP contribution in [0.2, 0.25) is 5.04 Å². The largest absolute Gasteiger partial charge is 0.494 e. The van der Waals surface area contributed by atoms with Gasteiger partial charge in [0.1, 0.15) is 5.82 Å².